The third-order valence-corrected chi connectivity index (χ3v) is 20.8. The fourth-order valence-corrected chi connectivity index (χ4v) is 14.1. The van der Waals surface area contributed by atoms with E-state index >= 15 is 0 Å². The average Bonchev–Trinajstić information content (AvgIpc) is 0.914. The molecular formula is C81H158O17P2. The Morgan fingerprint density at radius 3 is 0.680 bits per heavy atom. The minimum absolute atomic E-state index is 0.106. The Hall–Kier alpha value is -1.94. The van der Waals surface area contributed by atoms with Gasteiger partial charge in [-0.05, 0) is 43.4 Å². The molecule has 0 aromatic heterocycles. The summed E-state index contributed by atoms with van der Waals surface area (Å²) < 4.78 is 68.7. The van der Waals surface area contributed by atoms with E-state index in [1.165, 1.54) is 225 Å². The first kappa shape index (κ1) is 98.1. The van der Waals surface area contributed by atoms with Crippen LogP contribution in [0.2, 0.25) is 0 Å². The number of carbonyl (C=O) groups is 4. The second-order valence-corrected chi connectivity index (χ2v) is 33.5. The lowest BCUT2D eigenvalue weighted by Crippen LogP contribution is -2.30. The second-order valence-electron chi connectivity index (χ2n) is 30.6. The van der Waals surface area contributed by atoms with Crippen LogP contribution < -0.4 is 0 Å². The number of rotatable bonds is 79. The molecule has 19 heteroatoms. The van der Waals surface area contributed by atoms with E-state index in [-0.39, 0.29) is 25.7 Å². The van der Waals surface area contributed by atoms with Gasteiger partial charge < -0.3 is 33.8 Å². The van der Waals surface area contributed by atoms with Crippen LogP contribution in [0.4, 0.5) is 0 Å². The summed E-state index contributed by atoms with van der Waals surface area (Å²) in [4.78, 5) is 73.0. The van der Waals surface area contributed by atoms with Crippen molar-refractivity contribution >= 4 is 39.5 Å². The van der Waals surface area contributed by atoms with Crippen LogP contribution in [0.3, 0.4) is 0 Å². The van der Waals surface area contributed by atoms with Crippen LogP contribution in [0, 0.1) is 17.8 Å². The highest BCUT2D eigenvalue weighted by Crippen LogP contribution is 2.45. The molecule has 0 radical (unpaired) electrons. The molecule has 0 aromatic rings. The van der Waals surface area contributed by atoms with Gasteiger partial charge in [0.2, 0.25) is 0 Å². The van der Waals surface area contributed by atoms with Crippen molar-refractivity contribution in [1.82, 2.24) is 0 Å². The molecule has 0 bridgehead atoms. The maximum Gasteiger partial charge on any atom is 0.472 e. The Bertz CT molecular complexity index is 1940. The topological polar surface area (TPSA) is 237 Å². The van der Waals surface area contributed by atoms with Crippen LogP contribution in [-0.2, 0) is 65.4 Å². The van der Waals surface area contributed by atoms with Crippen molar-refractivity contribution in [2.24, 2.45) is 17.8 Å². The maximum absolute atomic E-state index is 13.1. The van der Waals surface area contributed by atoms with Crippen molar-refractivity contribution in [1.29, 1.82) is 0 Å². The van der Waals surface area contributed by atoms with Gasteiger partial charge in [0, 0.05) is 25.7 Å². The monoisotopic (exact) mass is 1470 g/mol. The van der Waals surface area contributed by atoms with Gasteiger partial charge >= 0.3 is 39.5 Å². The summed E-state index contributed by atoms with van der Waals surface area (Å²) in [6.45, 7) is 11.9. The second kappa shape index (κ2) is 71.3. The Morgan fingerprint density at radius 1 is 0.270 bits per heavy atom. The predicted octanol–water partition coefficient (Wildman–Crippen LogP) is 24.1. The summed E-state index contributed by atoms with van der Waals surface area (Å²) in [5.41, 5.74) is 0. The van der Waals surface area contributed by atoms with Crippen molar-refractivity contribution in [3.63, 3.8) is 0 Å². The molecule has 0 spiro atoms. The van der Waals surface area contributed by atoms with Crippen LogP contribution >= 0.6 is 15.6 Å². The SMILES string of the molecule is CCCCCCCCCCCCCCCCCCCC(=O)OC[C@H](COP(=O)(O)OC[C@@H](O)COP(=O)(O)OC[C@@H](COC(=O)CCCCCCCCCC(C)C)OC(=O)CCCCCCCCCCCCCC(C)C)OC(=O)CCCCCCCCCCCCCCCCCCC(C)C. The first-order chi connectivity index (χ1) is 48.2. The number of ether oxygens (including phenoxy) is 4. The van der Waals surface area contributed by atoms with Crippen LogP contribution in [-0.4, -0.2) is 96.7 Å². The van der Waals surface area contributed by atoms with Gasteiger partial charge in [-0.1, -0.05) is 370 Å². The number of esters is 4. The molecule has 0 aliphatic carbocycles. The van der Waals surface area contributed by atoms with Crippen LogP contribution in [0.1, 0.15) is 421 Å². The summed E-state index contributed by atoms with van der Waals surface area (Å²) in [6, 6.07) is 0. The maximum atomic E-state index is 13.1. The summed E-state index contributed by atoms with van der Waals surface area (Å²) in [5, 5.41) is 10.6. The van der Waals surface area contributed by atoms with E-state index in [0.717, 1.165) is 108 Å². The standard InChI is InChI=1S/C81H158O17P2/c1-8-9-10-11-12-13-14-15-16-17-21-24-29-34-41-48-55-62-78(83)91-68-76(97-80(85)64-57-50-42-35-30-25-22-19-18-20-23-27-32-38-45-52-59-72(2)3)70-95-99(87,88)93-66-75(82)67-94-100(89,90)96-71-77(69-92-79(84)63-56-49-44-37-40-47-54-61-74(6)7)98-81(86)65-58-51-43-36-31-26-28-33-39-46-53-60-73(4)5/h72-77,82H,8-71H2,1-7H3,(H,87,88)(H,89,90)/t75-,76-,77-/m1/s1. The number of hydrogen-bond donors (Lipinski definition) is 3. The number of aliphatic hydroxyl groups excluding tert-OH is 1. The number of phosphoric acid groups is 2. The smallest absolute Gasteiger partial charge is 0.462 e. The molecule has 0 aliphatic heterocycles. The van der Waals surface area contributed by atoms with Gasteiger partial charge in [0.15, 0.2) is 12.2 Å². The molecule has 3 N–H and O–H groups in total. The zero-order valence-electron chi connectivity index (χ0n) is 65.7. The van der Waals surface area contributed by atoms with Gasteiger partial charge in [0.05, 0.1) is 26.4 Å². The first-order valence-corrected chi connectivity index (χ1v) is 44.8. The molecule has 5 atom stereocenters. The number of unbranched alkanes of at least 4 members (excludes halogenated alkanes) is 47. The molecule has 0 aliphatic rings. The molecule has 594 valence electrons. The molecule has 2 unspecified atom stereocenters. The lowest BCUT2D eigenvalue weighted by molar-refractivity contribution is -0.161. The van der Waals surface area contributed by atoms with Crippen molar-refractivity contribution in [3.05, 3.63) is 0 Å². The summed E-state index contributed by atoms with van der Waals surface area (Å²) in [7, 11) is -9.92. The predicted molar refractivity (Wildman–Crippen MR) is 409 cm³/mol. The fraction of sp³-hybridized carbons (Fsp3) is 0.951. The summed E-state index contributed by atoms with van der Waals surface area (Å²) in [5.74, 6) is 0.168. The van der Waals surface area contributed by atoms with E-state index in [0.29, 0.717) is 31.6 Å². The Morgan fingerprint density at radius 2 is 0.460 bits per heavy atom. The lowest BCUT2D eigenvalue weighted by Gasteiger charge is -2.21. The lowest BCUT2D eigenvalue weighted by atomic mass is 10.0. The van der Waals surface area contributed by atoms with E-state index in [2.05, 4.69) is 48.5 Å². The Balaban J connectivity index is 5.24. The fourth-order valence-electron chi connectivity index (χ4n) is 12.5. The Kier molecular flexibility index (Phi) is 69.9. The Labute approximate surface area is 613 Å². The van der Waals surface area contributed by atoms with Gasteiger partial charge in [-0.2, -0.15) is 0 Å². The minimum atomic E-state index is -4.96. The minimum Gasteiger partial charge on any atom is -0.462 e. The molecule has 0 rings (SSSR count). The molecule has 0 saturated carbocycles. The van der Waals surface area contributed by atoms with Gasteiger partial charge in [0.1, 0.15) is 19.3 Å². The highest BCUT2D eigenvalue weighted by molar-refractivity contribution is 7.47. The van der Waals surface area contributed by atoms with E-state index in [9.17, 15) is 43.2 Å². The van der Waals surface area contributed by atoms with E-state index in [1.54, 1.807) is 0 Å². The van der Waals surface area contributed by atoms with Gasteiger partial charge in [-0.25, -0.2) is 9.13 Å². The first-order valence-electron chi connectivity index (χ1n) is 41.8. The zero-order chi connectivity index (χ0) is 73.7. The average molecular weight is 1470 g/mol. The molecule has 0 aromatic carbocycles. The van der Waals surface area contributed by atoms with Crippen molar-refractivity contribution < 1.29 is 80.2 Å². The quantitative estimate of drug-likeness (QED) is 0.0222. The van der Waals surface area contributed by atoms with Crippen molar-refractivity contribution in [2.75, 3.05) is 39.6 Å². The third-order valence-electron chi connectivity index (χ3n) is 18.9. The zero-order valence-corrected chi connectivity index (χ0v) is 67.5. The van der Waals surface area contributed by atoms with E-state index < -0.39 is 97.5 Å². The van der Waals surface area contributed by atoms with Crippen LogP contribution in [0.25, 0.3) is 0 Å². The van der Waals surface area contributed by atoms with E-state index in [1.807, 2.05) is 0 Å². The molecule has 17 nitrogen and oxygen atoms in total. The van der Waals surface area contributed by atoms with Gasteiger partial charge in [-0.15, -0.1) is 0 Å². The molecule has 0 amide bonds. The third kappa shape index (κ3) is 74.3. The number of hydrogen-bond acceptors (Lipinski definition) is 15. The molecule has 0 heterocycles. The summed E-state index contributed by atoms with van der Waals surface area (Å²) in [6.07, 6.45) is 59.7. The molecule has 100 heavy (non-hydrogen) atoms. The number of aliphatic hydroxyl groups is 1. The van der Waals surface area contributed by atoms with Crippen molar-refractivity contribution in [3.8, 4) is 0 Å². The normalized spacial score (nSPS) is 14.0. The van der Waals surface area contributed by atoms with E-state index in [4.69, 9.17) is 37.0 Å². The molecule has 0 fully saturated rings. The highest BCUT2D eigenvalue weighted by Gasteiger charge is 2.30. The molecular weight excluding hydrogens is 1310 g/mol. The van der Waals surface area contributed by atoms with Crippen LogP contribution in [0.15, 0.2) is 0 Å². The molecule has 0 saturated heterocycles. The van der Waals surface area contributed by atoms with Crippen LogP contribution in [0.5, 0.6) is 0 Å². The number of carbonyl (C=O) groups excluding carboxylic acids is 4. The highest BCUT2D eigenvalue weighted by atomic mass is 31.2. The van der Waals surface area contributed by atoms with Crippen molar-refractivity contribution in [2.45, 2.75) is 439 Å². The largest absolute Gasteiger partial charge is 0.472 e. The van der Waals surface area contributed by atoms with Gasteiger partial charge in [0.25, 0.3) is 0 Å². The van der Waals surface area contributed by atoms with Gasteiger partial charge in [-0.3, -0.25) is 37.3 Å². The number of phosphoric ester groups is 2. The summed E-state index contributed by atoms with van der Waals surface area (Å²) >= 11 is 0.